The fraction of sp³-hybridized carbons (Fsp3) is 0.0769. The molecule has 1 aromatic carbocycles. The molecule has 5 heteroatoms. The number of aryl methyl sites for hydroxylation is 1. The molecular weight excluding hydrogens is 228 g/mol. The van der Waals surface area contributed by atoms with E-state index in [0.717, 1.165) is 16.8 Å². The summed E-state index contributed by atoms with van der Waals surface area (Å²) < 4.78 is 4.96. The Morgan fingerprint density at radius 3 is 2.50 bits per heavy atom. The Morgan fingerprint density at radius 1 is 1.11 bits per heavy atom. The van der Waals surface area contributed by atoms with Gasteiger partial charge < -0.3 is 15.4 Å². The van der Waals surface area contributed by atoms with Gasteiger partial charge >= 0.3 is 0 Å². The third-order valence-electron chi connectivity index (χ3n) is 2.63. The highest BCUT2D eigenvalue weighted by molar-refractivity contribution is 5.68. The van der Waals surface area contributed by atoms with Crippen LogP contribution in [0.3, 0.4) is 0 Å². The molecular formula is C13H12N4O. The molecule has 0 unspecified atom stereocenters. The van der Waals surface area contributed by atoms with E-state index in [4.69, 9.17) is 4.52 Å². The first-order valence-corrected chi connectivity index (χ1v) is 5.62. The lowest BCUT2D eigenvalue weighted by Gasteiger charge is -2.13. The summed E-state index contributed by atoms with van der Waals surface area (Å²) in [6.07, 6.45) is 5.78. The second-order valence-corrected chi connectivity index (χ2v) is 3.92. The Hall–Kier alpha value is -2.56. The first kappa shape index (κ1) is 10.6. The highest BCUT2D eigenvalue weighted by Gasteiger charge is 2.07. The molecule has 2 heterocycles. The summed E-state index contributed by atoms with van der Waals surface area (Å²) in [6, 6.07) is 7.97. The van der Waals surface area contributed by atoms with Gasteiger partial charge in [-0.15, -0.1) is 0 Å². The second kappa shape index (κ2) is 4.37. The van der Waals surface area contributed by atoms with Crippen LogP contribution in [-0.2, 0) is 0 Å². The third-order valence-corrected chi connectivity index (χ3v) is 2.63. The molecule has 0 radical (unpaired) electrons. The quantitative estimate of drug-likeness (QED) is 0.840. The Labute approximate surface area is 104 Å². The van der Waals surface area contributed by atoms with E-state index in [0.29, 0.717) is 11.7 Å². The number of hydrogen-bond acceptors (Lipinski definition) is 5. The topological polar surface area (TPSA) is 63.0 Å². The smallest absolute Gasteiger partial charge is 0.223 e. The minimum atomic E-state index is 0.570. The third kappa shape index (κ3) is 1.98. The van der Waals surface area contributed by atoms with Crippen LogP contribution in [0.5, 0.6) is 0 Å². The predicted octanol–water partition coefficient (Wildman–Crippen LogP) is 2.01. The monoisotopic (exact) mass is 240 g/mol. The summed E-state index contributed by atoms with van der Waals surface area (Å²) in [5, 5.41) is 3.89. The van der Waals surface area contributed by atoms with E-state index >= 15 is 0 Å². The van der Waals surface area contributed by atoms with Crippen molar-refractivity contribution in [1.29, 1.82) is 0 Å². The molecule has 0 fully saturated rings. The van der Waals surface area contributed by atoms with Crippen molar-refractivity contribution in [2.24, 2.45) is 0 Å². The van der Waals surface area contributed by atoms with Crippen molar-refractivity contribution in [2.45, 2.75) is 6.92 Å². The Morgan fingerprint density at radius 2 is 1.89 bits per heavy atom. The minimum absolute atomic E-state index is 0.570. The lowest BCUT2D eigenvalue weighted by molar-refractivity contribution is 0.394. The maximum absolute atomic E-state index is 4.96. The number of aromatic nitrogens is 2. The van der Waals surface area contributed by atoms with Crippen LogP contribution in [-0.4, -0.2) is 10.1 Å². The van der Waals surface area contributed by atoms with Gasteiger partial charge in [0.05, 0.1) is 5.70 Å². The van der Waals surface area contributed by atoms with E-state index in [-0.39, 0.29) is 0 Å². The van der Waals surface area contributed by atoms with Crippen molar-refractivity contribution in [1.82, 2.24) is 21.0 Å². The molecule has 2 N–H and O–H groups in total. The average Bonchev–Trinajstić information content (AvgIpc) is 2.87. The van der Waals surface area contributed by atoms with Crippen LogP contribution in [0.25, 0.3) is 17.1 Å². The zero-order valence-electron chi connectivity index (χ0n) is 9.84. The van der Waals surface area contributed by atoms with E-state index in [1.807, 2.05) is 42.6 Å². The molecule has 0 saturated carbocycles. The van der Waals surface area contributed by atoms with Gasteiger partial charge in [0.2, 0.25) is 11.7 Å². The van der Waals surface area contributed by atoms with Gasteiger partial charge in [-0.05, 0) is 17.7 Å². The summed E-state index contributed by atoms with van der Waals surface area (Å²) >= 11 is 0. The van der Waals surface area contributed by atoms with Crippen LogP contribution >= 0.6 is 0 Å². The lowest BCUT2D eigenvalue weighted by Crippen LogP contribution is -2.26. The predicted molar refractivity (Wildman–Crippen MR) is 67.9 cm³/mol. The van der Waals surface area contributed by atoms with E-state index in [9.17, 15) is 0 Å². The number of hydrazine groups is 1. The van der Waals surface area contributed by atoms with Crippen molar-refractivity contribution >= 4 is 5.70 Å². The maximum atomic E-state index is 4.96. The van der Waals surface area contributed by atoms with E-state index in [1.165, 1.54) is 0 Å². The van der Waals surface area contributed by atoms with Crippen LogP contribution in [0.4, 0.5) is 0 Å². The Kier molecular flexibility index (Phi) is 2.57. The number of nitrogens with one attached hydrogen (secondary N) is 2. The van der Waals surface area contributed by atoms with Crippen LogP contribution in [0.2, 0.25) is 0 Å². The number of nitrogens with zero attached hydrogens (tertiary/aromatic N) is 2. The molecule has 18 heavy (non-hydrogen) atoms. The minimum Gasteiger partial charge on any atom is -0.339 e. The van der Waals surface area contributed by atoms with Crippen molar-refractivity contribution in [3.63, 3.8) is 0 Å². The zero-order valence-corrected chi connectivity index (χ0v) is 9.84. The highest BCUT2D eigenvalue weighted by atomic mass is 16.5. The Balaban J connectivity index is 1.89. The molecule has 90 valence electrons. The summed E-state index contributed by atoms with van der Waals surface area (Å²) in [4.78, 5) is 4.19. The fourth-order valence-corrected chi connectivity index (χ4v) is 1.74. The molecule has 1 aromatic heterocycles. The largest absolute Gasteiger partial charge is 0.339 e. The van der Waals surface area contributed by atoms with Gasteiger partial charge in [-0.3, -0.25) is 0 Å². The van der Waals surface area contributed by atoms with E-state index < -0.39 is 0 Å². The standard InChI is InChI=1S/C13H12N4O/c1-9-15-13(17-18-9)11-6-4-10(5-7-11)12-3-2-8-14-16-12/h2-8,14,16H,1H3. The first-order chi connectivity index (χ1) is 8.83. The molecule has 0 amide bonds. The summed E-state index contributed by atoms with van der Waals surface area (Å²) in [5.41, 5.74) is 9.07. The zero-order chi connectivity index (χ0) is 12.4. The van der Waals surface area contributed by atoms with Gasteiger partial charge in [-0.25, -0.2) is 0 Å². The average molecular weight is 240 g/mol. The van der Waals surface area contributed by atoms with Gasteiger partial charge in [-0.1, -0.05) is 29.4 Å². The lowest BCUT2D eigenvalue weighted by atomic mass is 10.1. The number of benzene rings is 1. The molecule has 3 rings (SSSR count). The van der Waals surface area contributed by atoms with Crippen molar-refractivity contribution in [3.8, 4) is 11.4 Å². The van der Waals surface area contributed by atoms with Gasteiger partial charge in [0.1, 0.15) is 0 Å². The normalized spacial score (nSPS) is 13.7. The first-order valence-electron chi connectivity index (χ1n) is 5.62. The van der Waals surface area contributed by atoms with Crippen LogP contribution in [0.15, 0.2) is 47.1 Å². The number of allylic oxidation sites excluding steroid dienone is 2. The molecule has 0 atom stereocenters. The molecule has 0 bridgehead atoms. The molecule has 2 aromatic rings. The molecule has 1 aliphatic heterocycles. The molecule has 0 aliphatic carbocycles. The van der Waals surface area contributed by atoms with Crippen molar-refractivity contribution < 1.29 is 4.52 Å². The van der Waals surface area contributed by atoms with Crippen molar-refractivity contribution in [3.05, 3.63) is 54.1 Å². The van der Waals surface area contributed by atoms with Gasteiger partial charge in [0, 0.05) is 18.7 Å². The van der Waals surface area contributed by atoms with Crippen LogP contribution < -0.4 is 10.9 Å². The molecule has 1 aliphatic rings. The van der Waals surface area contributed by atoms with E-state index in [1.54, 1.807) is 6.92 Å². The molecule has 5 nitrogen and oxygen atoms in total. The fourth-order valence-electron chi connectivity index (χ4n) is 1.74. The maximum Gasteiger partial charge on any atom is 0.223 e. The second-order valence-electron chi connectivity index (χ2n) is 3.92. The summed E-state index contributed by atoms with van der Waals surface area (Å²) in [6.45, 7) is 1.78. The summed E-state index contributed by atoms with van der Waals surface area (Å²) in [5.74, 6) is 1.18. The van der Waals surface area contributed by atoms with Crippen molar-refractivity contribution in [2.75, 3.05) is 0 Å². The number of rotatable bonds is 2. The van der Waals surface area contributed by atoms with Crippen LogP contribution in [0, 0.1) is 6.92 Å². The van der Waals surface area contributed by atoms with Gasteiger partial charge in [-0.2, -0.15) is 4.98 Å². The molecule has 0 spiro atoms. The highest BCUT2D eigenvalue weighted by Crippen LogP contribution is 2.19. The van der Waals surface area contributed by atoms with E-state index in [2.05, 4.69) is 21.0 Å². The molecule has 0 saturated heterocycles. The Bertz CT molecular complexity index is 610. The van der Waals surface area contributed by atoms with Crippen LogP contribution in [0.1, 0.15) is 11.5 Å². The number of hydrogen-bond donors (Lipinski definition) is 2. The SMILES string of the molecule is Cc1nc(-c2ccc(C3=CC=CNN3)cc2)no1. The van der Waals surface area contributed by atoms with Gasteiger partial charge in [0.25, 0.3) is 0 Å². The summed E-state index contributed by atoms with van der Waals surface area (Å²) in [7, 11) is 0. The van der Waals surface area contributed by atoms with Gasteiger partial charge in [0.15, 0.2) is 0 Å².